The van der Waals surface area contributed by atoms with Gasteiger partial charge in [-0.15, -0.1) is 12.1 Å². The summed E-state index contributed by atoms with van der Waals surface area (Å²) in [6.07, 6.45) is 0. The number of nitrogens with zero attached hydrogens (tertiary/aromatic N) is 4. The average Bonchev–Trinajstić information content (AvgIpc) is 3.38. The minimum atomic E-state index is -1.16. The van der Waals surface area contributed by atoms with Crippen molar-refractivity contribution in [3.63, 3.8) is 0 Å². The summed E-state index contributed by atoms with van der Waals surface area (Å²) < 4.78 is 5.42. The third kappa shape index (κ3) is 20.0. The van der Waals surface area contributed by atoms with E-state index in [1.807, 2.05) is 36.4 Å². The summed E-state index contributed by atoms with van der Waals surface area (Å²) in [7, 11) is -3.88. The van der Waals surface area contributed by atoms with Crippen LogP contribution in [0.1, 0.15) is 66.5 Å². The van der Waals surface area contributed by atoms with Gasteiger partial charge in [-0.05, 0) is 101 Å². The Labute approximate surface area is 445 Å². The largest absolute Gasteiger partial charge is 2.00 e. The second kappa shape index (κ2) is 32.8. The van der Waals surface area contributed by atoms with Gasteiger partial charge in [0, 0.05) is 12.1 Å². The Morgan fingerprint density at radius 3 is 0.676 bits per heavy atom. The second-order valence-corrected chi connectivity index (χ2v) is 27.0. The molecule has 0 heterocycles. The van der Waals surface area contributed by atoms with Crippen LogP contribution in [0.25, 0.3) is 10.2 Å². The number of rotatable bonds is 16. The summed E-state index contributed by atoms with van der Waals surface area (Å²) in [5.41, 5.74) is 2.64. The number of hydrogen-bond acceptors (Lipinski definition) is 2. The molecule has 0 aliphatic rings. The van der Waals surface area contributed by atoms with Crippen LogP contribution in [0.2, 0.25) is 0 Å². The fourth-order valence-electron chi connectivity index (χ4n) is 7.51. The van der Waals surface area contributed by atoms with E-state index in [-0.39, 0.29) is 17.4 Å². The number of hydrogen-bond donors (Lipinski definition) is 0. The van der Waals surface area contributed by atoms with Crippen molar-refractivity contribution in [2.75, 3.05) is 0 Å². The van der Waals surface area contributed by atoms with Crippen LogP contribution in [0, 0.1) is 13.8 Å². The summed E-state index contributed by atoms with van der Waals surface area (Å²) in [5, 5.41) is 18.8. The van der Waals surface area contributed by atoms with Crippen molar-refractivity contribution in [1.29, 1.82) is 0 Å². The summed E-state index contributed by atoms with van der Waals surface area (Å²) in [5.74, 6) is 0. The number of benzene rings is 8. The molecule has 0 fully saturated rings. The fraction of sp³-hybridized carbons (Fsp3) is 0.226. The van der Waals surface area contributed by atoms with E-state index in [1.165, 1.54) is 43.0 Å². The van der Waals surface area contributed by atoms with Gasteiger partial charge in [-0.3, -0.25) is 0 Å². The predicted octanol–water partition coefficient (Wildman–Crippen LogP) is 15.8. The molecule has 0 saturated heterocycles. The Kier molecular flexibility index (Phi) is 27.5. The fourth-order valence-corrected chi connectivity index (χ4v) is 19.8. The summed E-state index contributed by atoms with van der Waals surface area (Å²) in [6, 6.07) is 87.5. The van der Waals surface area contributed by atoms with Gasteiger partial charge in [0.05, 0.1) is 0 Å². The zero-order valence-electron chi connectivity index (χ0n) is 43.5. The van der Waals surface area contributed by atoms with Crippen molar-refractivity contribution < 1.29 is 17.4 Å². The van der Waals surface area contributed by atoms with Crippen molar-refractivity contribution in [2.45, 2.75) is 93.4 Å². The minimum Gasteiger partial charge on any atom is -0.614 e. The average molecular weight is 1050 g/mol. The molecule has 0 N–H and O–H groups in total. The van der Waals surface area contributed by atoms with Gasteiger partial charge in [0.15, 0.2) is 0 Å². The zero-order chi connectivity index (χ0) is 50.1. The van der Waals surface area contributed by atoms with E-state index in [1.54, 1.807) is 0 Å². The molecule has 0 bridgehead atoms. The van der Waals surface area contributed by atoms with Crippen LogP contribution in [-0.2, 0) is 17.4 Å². The first-order valence-corrected chi connectivity index (χ1v) is 30.0. The van der Waals surface area contributed by atoms with Crippen LogP contribution in [0.15, 0.2) is 243 Å². The Balaban J connectivity index is 0.000000239. The van der Waals surface area contributed by atoms with Gasteiger partial charge in [-0.2, -0.15) is 8.88 Å². The SMILES string of the molecule is CC(C)[N-][P@@](c1ccccc1)N(C(C)C)[PH+](c1ccccc1)c1ccccc1.CC(C)[N-][P@@](c1ccccc1)N(C(C)C)[PH+](c1ccccc1)c1ccccc1.Cc1ccccc1.Cc1ccccc1.[Cr+2]. The Morgan fingerprint density at radius 2 is 0.507 bits per heavy atom. The molecule has 9 heteroatoms. The molecule has 0 aliphatic carbocycles. The molecule has 4 nitrogen and oxygen atoms in total. The van der Waals surface area contributed by atoms with Crippen molar-refractivity contribution in [2.24, 2.45) is 0 Å². The molecule has 0 aromatic heterocycles. The smallest absolute Gasteiger partial charge is 0.614 e. The molecule has 8 aromatic carbocycles. The molecular formula is C62H76CrN4P4+2. The minimum absolute atomic E-state index is 0. The Morgan fingerprint density at radius 1 is 0.310 bits per heavy atom. The van der Waals surface area contributed by atoms with Gasteiger partial charge in [-0.25, -0.2) is 0 Å². The predicted molar refractivity (Wildman–Crippen MR) is 320 cm³/mol. The summed E-state index contributed by atoms with van der Waals surface area (Å²) >= 11 is 0. The summed E-state index contributed by atoms with van der Waals surface area (Å²) in [4.78, 5) is 0. The second-order valence-electron chi connectivity index (χ2n) is 18.0. The maximum atomic E-state index is 5.26. The van der Waals surface area contributed by atoms with Crippen molar-refractivity contribution >= 4 is 64.4 Å². The van der Waals surface area contributed by atoms with Crippen LogP contribution < -0.4 is 31.8 Å². The first kappa shape index (κ1) is 59.4. The van der Waals surface area contributed by atoms with Gasteiger partial charge in [0.2, 0.25) is 0 Å². The van der Waals surface area contributed by atoms with Gasteiger partial charge in [0.1, 0.15) is 37.4 Å². The molecule has 0 saturated carbocycles. The number of aryl methyl sites for hydroxylation is 2. The molecule has 8 rings (SSSR count). The molecule has 0 aliphatic heterocycles. The first-order chi connectivity index (χ1) is 33.9. The van der Waals surface area contributed by atoms with E-state index in [0.717, 1.165) is 0 Å². The molecule has 2 atom stereocenters. The van der Waals surface area contributed by atoms with Crippen molar-refractivity contribution in [3.05, 3.63) is 264 Å². The van der Waals surface area contributed by atoms with Crippen LogP contribution in [0.4, 0.5) is 0 Å². The van der Waals surface area contributed by atoms with E-state index in [2.05, 4.69) is 284 Å². The van der Waals surface area contributed by atoms with Crippen molar-refractivity contribution in [3.8, 4) is 0 Å². The van der Waals surface area contributed by atoms with Crippen LogP contribution in [-0.4, -0.2) is 33.0 Å². The third-order valence-corrected chi connectivity index (χ3v) is 23.0. The van der Waals surface area contributed by atoms with E-state index in [9.17, 15) is 0 Å². The van der Waals surface area contributed by atoms with Crippen LogP contribution in [0.3, 0.4) is 0 Å². The van der Waals surface area contributed by atoms with Crippen LogP contribution in [0.5, 0.6) is 0 Å². The van der Waals surface area contributed by atoms with Gasteiger partial charge >= 0.3 is 17.4 Å². The quantitative estimate of drug-likeness (QED) is 0.0904. The monoisotopic (exact) mass is 1050 g/mol. The Bertz CT molecular complexity index is 2290. The van der Waals surface area contributed by atoms with E-state index in [4.69, 9.17) is 10.2 Å². The molecule has 0 spiro atoms. The van der Waals surface area contributed by atoms with Gasteiger partial charge in [-0.1, -0.05) is 249 Å². The first-order valence-electron chi connectivity index (χ1n) is 24.6. The molecule has 8 aromatic rings. The van der Waals surface area contributed by atoms with E-state index >= 15 is 0 Å². The normalized spacial score (nSPS) is 11.9. The Hall–Kier alpha value is -4.15. The van der Waals surface area contributed by atoms with Crippen LogP contribution >= 0.6 is 32.6 Å². The molecule has 0 unspecified atom stereocenters. The zero-order valence-corrected chi connectivity index (χ0v) is 48.6. The topological polar surface area (TPSA) is 34.7 Å². The van der Waals surface area contributed by atoms with Gasteiger partial charge in [0.25, 0.3) is 0 Å². The molecular weight excluding hydrogens is 977 g/mol. The maximum absolute atomic E-state index is 5.26. The third-order valence-electron chi connectivity index (χ3n) is 10.6. The molecule has 71 heavy (non-hydrogen) atoms. The molecule has 0 radical (unpaired) electrons. The van der Waals surface area contributed by atoms with E-state index in [0.29, 0.717) is 24.2 Å². The summed E-state index contributed by atoms with van der Waals surface area (Å²) in [6.45, 7) is 22.2. The standard InChI is InChI=1S/2C24H29N2P2.2C7H8.Cr/c2*1-20(2)25-28(24-18-12-7-13-19-24)26(21(3)4)27(22-14-8-5-9-15-22)23-16-10-6-11-17-23;2*1-7-5-3-2-4-6-7;/h2*5-21H,1-4H3;2*2-6H,1H3;/q2*-1;;;+2/p+2/t2*28-;;;/m11.../s1. The maximum Gasteiger partial charge on any atom is 2.00 e. The van der Waals surface area contributed by atoms with Gasteiger partial charge < -0.3 is 10.2 Å². The van der Waals surface area contributed by atoms with Crippen molar-refractivity contribution in [1.82, 2.24) is 8.88 Å². The van der Waals surface area contributed by atoms with E-state index < -0.39 is 32.6 Å². The molecule has 0 amide bonds. The molecule has 368 valence electrons.